The van der Waals surface area contributed by atoms with Crippen LogP contribution in [0, 0.1) is 17.6 Å². The van der Waals surface area contributed by atoms with E-state index < -0.39 is 5.82 Å². The van der Waals surface area contributed by atoms with Crippen molar-refractivity contribution in [2.24, 2.45) is 11.7 Å². The molecule has 2 N–H and O–H groups in total. The highest BCUT2D eigenvalue weighted by molar-refractivity contribution is 5.24. The van der Waals surface area contributed by atoms with Crippen LogP contribution in [0.5, 0.6) is 0 Å². The lowest BCUT2D eigenvalue weighted by molar-refractivity contribution is 0.162. The molecule has 24 heavy (non-hydrogen) atoms. The van der Waals surface area contributed by atoms with Gasteiger partial charge in [-0.2, -0.15) is 0 Å². The second-order valence-corrected chi connectivity index (χ2v) is 6.61. The normalized spacial score (nSPS) is 17.8. The zero-order valence-electron chi connectivity index (χ0n) is 13.8. The first kappa shape index (κ1) is 17.1. The molecule has 0 radical (unpaired) electrons. The molecule has 0 spiro atoms. The highest BCUT2D eigenvalue weighted by atomic mass is 19.1. The van der Waals surface area contributed by atoms with E-state index in [9.17, 15) is 8.78 Å². The van der Waals surface area contributed by atoms with Crippen molar-refractivity contribution >= 4 is 0 Å². The molecule has 0 aliphatic carbocycles. The molecule has 4 heteroatoms. The van der Waals surface area contributed by atoms with Gasteiger partial charge in [0.25, 0.3) is 0 Å². The lowest BCUT2D eigenvalue weighted by Gasteiger charge is -2.36. The fourth-order valence-electron chi connectivity index (χ4n) is 3.73. The first-order valence-electron chi connectivity index (χ1n) is 8.58. The molecular weight excluding hydrogens is 306 g/mol. The quantitative estimate of drug-likeness (QED) is 0.900. The molecule has 2 nitrogen and oxygen atoms in total. The van der Waals surface area contributed by atoms with Crippen LogP contribution in [-0.4, -0.2) is 24.5 Å². The maximum absolute atomic E-state index is 14.1. The largest absolute Gasteiger partial charge is 0.330 e. The van der Waals surface area contributed by atoms with Crippen LogP contribution in [0.25, 0.3) is 0 Å². The first-order chi connectivity index (χ1) is 11.7. The first-order valence-corrected chi connectivity index (χ1v) is 8.58. The van der Waals surface area contributed by atoms with E-state index in [-0.39, 0.29) is 11.7 Å². The third-order valence-electron chi connectivity index (χ3n) is 5.06. The van der Waals surface area contributed by atoms with Crippen molar-refractivity contribution in [3.8, 4) is 0 Å². The van der Waals surface area contributed by atoms with Crippen LogP contribution in [-0.2, 0) is 6.54 Å². The van der Waals surface area contributed by atoms with Crippen molar-refractivity contribution in [1.82, 2.24) is 4.90 Å². The summed E-state index contributed by atoms with van der Waals surface area (Å²) in [5.41, 5.74) is 7.65. The Bertz CT molecular complexity index is 652. The number of likely N-dealkylation sites (tertiary alicyclic amines) is 1. The van der Waals surface area contributed by atoms with Crippen LogP contribution >= 0.6 is 0 Å². The van der Waals surface area contributed by atoms with Crippen molar-refractivity contribution in [2.75, 3.05) is 19.6 Å². The van der Waals surface area contributed by atoms with E-state index in [0.717, 1.165) is 38.5 Å². The van der Waals surface area contributed by atoms with Gasteiger partial charge in [-0.15, -0.1) is 0 Å². The van der Waals surface area contributed by atoms with Crippen LogP contribution < -0.4 is 5.73 Å². The second kappa shape index (κ2) is 7.86. The van der Waals surface area contributed by atoms with Gasteiger partial charge in [0.2, 0.25) is 0 Å². The maximum atomic E-state index is 14.1. The summed E-state index contributed by atoms with van der Waals surface area (Å²) < 4.78 is 27.6. The van der Waals surface area contributed by atoms with Crippen LogP contribution in [0.3, 0.4) is 0 Å². The Balaban J connectivity index is 1.63. The summed E-state index contributed by atoms with van der Waals surface area (Å²) in [4.78, 5) is 2.42. The fraction of sp³-hybridized carbons (Fsp3) is 0.400. The molecule has 2 aromatic carbocycles. The van der Waals surface area contributed by atoms with E-state index in [2.05, 4.69) is 29.2 Å². The van der Waals surface area contributed by atoms with E-state index in [1.165, 1.54) is 17.7 Å². The molecule has 1 atom stereocenters. The Labute approximate surface area is 142 Å². The predicted molar refractivity (Wildman–Crippen MR) is 92.6 cm³/mol. The van der Waals surface area contributed by atoms with Gasteiger partial charge in [0.15, 0.2) is 0 Å². The molecule has 0 aromatic heterocycles. The molecule has 1 saturated heterocycles. The van der Waals surface area contributed by atoms with Gasteiger partial charge in [-0.05, 0) is 67.7 Å². The highest BCUT2D eigenvalue weighted by Crippen LogP contribution is 2.34. The molecule has 1 aliphatic heterocycles. The van der Waals surface area contributed by atoms with Crippen molar-refractivity contribution in [1.29, 1.82) is 0 Å². The van der Waals surface area contributed by atoms with Gasteiger partial charge in [0.05, 0.1) is 0 Å². The van der Waals surface area contributed by atoms with Gasteiger partial charge < -0.3 is 5.73 Å². The molecule has 3 rings (SSSR count). The number of nitrogens with zero attached hydrogens (tertiary/aromatic N) is 1. The minimum atomic E-state index is -0.397. The van der Waals surface area contributed by atoms with Gasteiger partial charge in [-0.1, -0.05) is 30.3 Å². The number of nitrogens with two attached hydrogens (primary N) is 1. The summed E-state index contributed by atoms with van der Waals surface area (Å²) in [5, 5.41) is 0. The van der Waals surface area contributed by atoms with Gasteiger partial charge >= 0.3 is 0 Å². The van der Waals surface area contributed by atoms with Crippen molar-refractivity contribution in [3.63, 3.8) is 0 Å². The monoisotopic (exact) mass is 330 g/mol. The van der Waals surface area contributed by atoms with E-state index in [4.69, 9.17) is 5.73 Å². The Morgan fingerprint density at radius 3 is 2.42 bits per heavy atom. The summed E-state index contributed by atoms with van der Waals surface area (Å²) in [7, 11) is 0. The van der Waals surface area contributed by atoms with Crippen LogP contribution in [0.1, 0.15) is 29.9 Å². The summed E-state index contributed by atoms with van der Waals surface area (Å²) >= 11 is 0. The second-order valence-electron chi connectivity index (χ2n) is 6.61. The summed E-state index contributed by atoms with van der Waals surface area (Å²) in [5.74, 6) is -0.553. The van der Waals surface area contributed by atoms with Gasteiger partial charge in [-0.25, -0.2) is 8.78 Å². The highest BCUT2D eigenvalue weighted by Gasteiger charge is 2.28. The van der Waals surface area contributed by atoms with Crippen LogP contribution in [0.4, 0.5) is 8.78 Å². The van der Waals surface area contributed by atoms with Gasteiger partial charge in [0.1, 0.15) is 11.6 Å². The number of halogens is 2. The summed E-state index contributed by atoms with van der Waals surface area (Å²) in [6.07, 6.45) is 1.93. The summed E-state index contributed by atoms with van der Waals surface area (Å²) in [6.45, 7) is 3.22. The average molecular weight is 330 g/mol. The predicted octanol–water partition coefficient (Wildman–Crippen LogP) is 3.92. The molecule has 0 amide bonds. The smallest absolute Gasteiger partial charge is 0.126 e. The maximum Gasteiger partial charge on any atom is 0.126 e. The SMILES string of the molecule is NCC(c1cc(F)ccc1F)C1CCN(Cc2ccccc2)CC1. The minimum Gasteiger partial charge on any atom is -0.330 e. The van der Waals surface area contributed by atoms with E-state index >= 15 is 0 Å². The van der Waals surface area contributed by atoms with Crippen LogP contribution in [0.2, 0.25) is 0 Å². The molecule has 1 aliphatic rings. The Morgan fingerprint density at radius 2 is 1.75 bits per heavy atom. The number of piperidine rings is 1. The zero-order chi connectivity index (χ0) is 16.9. The molecule has 2 aromatic rings. The summed E-state index contributed by atoms with van der Waals surface area (Å²) in [6, 6.07) is 14.1. The zero-order valence-corrected chi connectivity index (χ0v) is 13.8. The molecule has 128 valence electrons. The third kappa shape index (κ3) is 4.00. The lowest BCUT2D eigenvalue weighted by atomic mass is 9.79. The number of rotatable bonds is 5. The van der Waals surface area contributed by atoms with Crippen molar-refractivity contribution < 1.29 is 8.78 Å². The van der Waals surface area contributed by atoms with Crippen molar-refractivity contribution in [2.45, 2.75) is 25.3 Å². The van der Waals surface area contributed by atoms with E-state index in [1.54, 1.807) is 0 Å². The minimum absolute atomic E-state index is 0.112. The molecule has 1 fully saturated rings. The molecule has 1 unspecified atom stereocenters. The standard InChI is InChI=1S/C20H24F2N2/c21-17-6-7-20(22)18(12-17)19(13-23)16-8-10-24(11-9-16)14-15-4-2-1-3-5-15/h1-7,12,16,19H,8-11,13-14,23H2. The number of hydrogen-bond acceptors (Lipinski definition) is 2. The lowest BCUT2D eigenvalue weighted by Crippen LogP contribution is -2.37. The van der Waals surface area contributed by atoms with Crippen molar-refractivity contribution in [3.05, 3.63) is 71.3 Å². The van der Waals surface area contributed by atoms with Gasteiger partial charge in [-0.3, -0.25) is 4.90 Å². The topological polar surface area (TPSA) is 29.3 Å². The Kier molecular flexibility index (Phi) is 5.59. The van der Waals surface area contributed by atoms with Crippen LogP contribution in [0.15, 0.2) is 48.5 Å². The molecule has 0 bridgehead atoms. The average Bonchev–Trinajstić information content (AvgIpc) is 2.61. The Hall–Kier alpha value is -1.78. The van der Waals surface area contributed by atoms with E-state index in [1.807, 2.05) is 6.07 Å². The van der Waals surface area contributed by atoms with E-state index in [0.29, 0.717) is 18.0 Å². The molecule has 0 saturated carbocycles. The Morgan fingerprint density at radius 1 is 1.04 bits per heavy atom. The van der Waals surface area contributed by atoms with Gasteiger partial charge in [0, 0.05) is 12.5 Å². The fourth-order valence-corrected chi connectivity index (χ4v) is 3.73. The molecule has 1 heterocycles. The third-order valence-corrected chi connectivity index (χ3v) is 5.06. The number of hydrogen-bond donors (Lipinski definition) is 1. The molecular formula is C20H24F2N2. The number of benzene rings is 2.